The fourth-order valence-corrected chi connectivity index (χ4v) is 1.96. The van der Waals surface area contributed by atoms with E-state index in [2.05, 4.69) is 26.1 Å². The van der Waals surface area contributed by atoms with Gasteiger partial charge >= 0.3 is 5.97 Å². The number of carboxylic acid groups (broad SMARTS) is 1. The highest BCUT2D eigenvalue weighted by Crippen LogP contribution is 2.22. The monoisotopic (exact) mass is 253 g/mol. The highest BCUT2D eigenvalue weighted by atomic mass is 16.4. The largest absolute Gasteiger partial charge is 0.480 e. The van der Waals surface area contributed by atoms with Crippen LogP contribution < -0.4 is 5.32 Å². The van der Waals surface area contributed by atoms with Crippen molar-refractivity contribution in [3.63, 3.8) is 0 Å². The highest BCUT2D eigenvalue weighted by Gasteiger charge is 2.26. The van der Waals surface area contributed by atoms with Gasteiger partial charge in [-0.2, -0.15) is 0 Å². The second-order valence-electron chi connectivity index (χ2n) is 6.14. The van der Waals surface area contributed by atoms with Crippen molar-refractivity contribution in [1.29, 1.82) is 0 Å². The first kappa shape index (κ1) is 14.7. The lowest BCUT2D eigenvalue weighted by Gasteiger charge is -2.22. The maximum atomic E-state index is 11.9. The Hall–Kier alpha value is -1.32. The average molecular weight is 253 g/mol. The standard InChI is InChI=1S/C14H23NO3/c1-14(2,3)9-8-11(13(17)18)15-12(16)10-6-4-5-7-10/h4-5,10-11H,6-9H2,1-3H3,(H,15,16)(H,17,18). The van der Waals surface area contributed by atoms with Crippen molar-refractivity contribution in [2.75, 3.05) is 0 Å². The number of carbonyl (C=O) groups excluding carboxylic acids is 1. The van der Waals surface area contributed by atoms with E-state index in [1.807, 2.05) is 12.2 Å². The van der Waals surface area contributed by atoms with Crippen molar-refractivity contribution >= 4 is 11.9 Å². The normalized spacial score (nSPS) is 17.7. The van der Waals surface area contributed by atoms with Crippen molar-refractivity contribution in [2.45, 2.75) is 52.5 Å². The molecule has 0 saturated carbocycles. The molecule has 2 N–H and O–H groups in total. The molecule has 4 heteroatoms. The molecule has 1 rings (SSSR count). The molecule has 0 aromatic rings. The Labute approximate surface area is 108 Å². The van der Waals surface area contributed by atoms with Gasteiger partial charge in [-0.3, -0.25) is 4.79 Å². The zero-order valence-electron chi connectivity index (χ0n) is 11.4. The van der Waals surface area contributed by atoms with Gasteiger partial charge in [0.1, 0.15) is 6.04 Å². The molecule has 1 unspecified atom stereocenters. The van der Waals surface area contributed by atoms with E-state index >= 15 is 0 Å². The number of aliphatic carboxylic acids is 1. The van der Waals surface area contributed by atoms with E-state index in [1.54, 1.807) is 0 Å². The van der Waals surface area contributed by atoms with Crippen LogP contribution in [0.25, 0.3) is 0 Å². The molecule has 1 atom stereocenters. The first-order valence-corrected chi connectivity index (χ1v) is 6.48. The molecule has 4 nitrogen and oxygen atoms in total. The fourth-order valence-electron chi connectivity index (χ4n) is 1.96. The van der Waals surface area contributed by atoms with Crippen LogP contribution in [0.4, 0.5) is 0 Å². The molecule has 1 aliphatic rings. The van der Waals surface area contributed by atoms with Gasteiger partial charge < -0.3 is 10.4 Å². The van der Waals surface area contributed by atoms with Crippen molar-refractivity contribution in [2.24, 2.45) is 11.3 Å². The maximum absolute atomic E-state index is 11.9. The SMILES string of the molecule is CC(C)(C)CCC(NC(=O)C1CC=CC1)C(=O)O. The van der Waals surface area contributed by atoms with Crippen LogP contribution in [-0.2, 0) is 9.59 Å². The molecular formula is C14H23NO3. The molecule has 0 radical (unpaired) electrons. The van der Waals surface area contributed by atoms with E-state index in [-0.39, 0.29) is 17.2 Å². The summed E-state index contributed by atoms with van der Waals surface area (Å²) in [5, 5.41) is 11.8. The summed E-state index contributed by atoms with van der Waals surface area (Å²) in [6, 6.07) is -0.766. The zero-order valence-corrected chi connectivity index (χ0v) is 11.4. The predicted octanol–water partition coefficient (Wildman–Crippen LogP) is 2.35. The Morgan fingerprint density at radius 2 is 1.89 bits per heavy atom. The fraction of sp³-hybridized carbons (Fsp3) is 0.714. The second kappa shape index (κ2) is 6.03. The summed E-state index contributed by atoms with van der Waals surface area (Å²) in [5.74, 6) is -1.17. The number of nitrogens with one attached hydrogen (secondary N) is 1. The first-order valence-electron chi connectivity index (χ1n) is 6.48. The van der Waals surface area contributed by atoms with Gasteiger partial charge in [0.25, 0.3) is 0 Å². The first-order chi connectivity index (χ1) is 8.29. The molecule has 0 aromatic heterocycles. The third-order valence-corrected chi connectivity index (χ3v) is 3.18. The lowest BCUT2D eigenvalue weighted by molar-refractivity contribution is -0.142. The van der Waals surface area contributed by atoms with E-state index < -0.39 is 12.0 Å². The molecule has 0 bridgehead atoms. The summed E-state index contributed by atoms with van der Waals surface area (Å²) in [6.45, 7) is 6.19. The van der Waals surface area contributed by atoms with Gasteiger partial charge in [-0.25, -0.2) is 4.79 Å². The van der Waals surface area contributed by atoms with Crippen LogP contribution >= 0.6 is 0 Å². The summed E-state index contributed by atoms with van der Waals surface area (Å²) in [4.78, 5) is 23.0. The molecule has 0 aliphatic heterocycles. The Balaban J connectivity index is 2.47. The molecule has 0 heterocycles. The molecule has 102 valence electrons. The number of hydrogen-bond acceptors (Lipinski definition) is 2. The van der Waals surface area contributed by atoms with Gasteiger partial charge in [-0.15, -0.1) is 0 Å². The average Bonchev–Trinajstić information content (AvgIpc) is 2.75. The van der Waals surface area contributed by atoms with Crippen molar-refractivity contribution in [3.05, 3.63) is 12.2 Å². The minimum atomic E-state index is -0.946. The van der Waals surface area contributed by atoms with Gasteiger partial charge in [0.05, 0.1) is 0 Å². The predicted molar refractivity (Wildman–Crippen MR) is 70.1 cm³/mol. The minimum Gasteiger partial charge on any atom is -0.480 e. The lowest BCUT2D eigenvalue weighted by Crippen LogP contribution is -2.43. The summed E-state index contributed by atoms with van der Waals surface area (Å²) in [6.07, 6.45) is 6.62. The number of allylic oxidation sites excluding steroid dienone is 2. The van der Waals surface area contributed by atoms with Gasteiger partial charge in [0, 0.05) is 5.92 Å². The topological polar surface area (TPSA) is 66.4 Å². The van der Waals surface area contributed by atoms with Crippen LogP contribution in [0.3, 0.4) is 0 Å². The molecule has 0 fully saturated rings. The number of rotatable bonds is 5. The molecule has 1 amide bonds. The summed E-state index contributed by atoms with van der Waals surface area (Å²) in [5.41, 5.74) is 0.0767. The maximum Gasteiger partial charge on any atom is 0.326 e. The second-order valence-corrected chi connectivity index (χ2v) is 6.14. The van der Waals surface area contributed by atoms with Crippen LogP contribution in [0.1, 0.15) is 46.5 Å². The summed E-state index contributed by atoms with van der Waals surface area (Å²) in [7, 11) is 0. The van der Waals surface area contributed by atoms with E-state index in [0.29, 0.717) is 6.42 Å². The van der Waals surface area contributed by atoms with Crippen LogP contribution in [0.5, 0.6) is 0 Å². The summed E-state index contributed by atoms with van der Waals surface area (Å²) >= 11 is 0. The van der Waals surface area contributed by atoms with Crippen molar-refractivity contribution in [3.8, 4) is 0 Å². The molecule has 1 aliphatic carbocycles. The minimum absolute atomic E-state index is 0.0767. The Kier molecular flexibility index (Phi) is 4.93. The van der Waals surface area contributed by atoms with Crippen LogP contribution in [0, 0.1) is 11.3 Å². The van der Waals surface area contributed by atoms with E-state index in [4.69, 9.17) is 5.11 Å². The van der Waals surface area contributed by atoms with Gasteiger partial charge in [0.15, 0.2) is 0 Å². The Bertz CT molecular complexity index is 333. The van der Waals surface area contributed by atoms with Crippen LogP contribution in [0.2, 0.25) is 0 Å². The third kappa shape index (κ3) is 4.90. The van der Waals surface area contributed by atoms with Gasteiger partial charge in [-0.05, 0) is 31.1 Å². The number of amides is 1. The van der Waals surface area contributed by atoms with Crippen molar-refractivity contribution < 1.29 is 14.7 Å². The van der Waals surface area contributed by atoms with E-state index in [9.17, 15) is 9.59 Å². The zero-order chi connectivity index (χ0) is 13.8. The molecule has 0 spiro atoms. The highest BCUT2D eigenvalue weighted by molar-refractivity contribution is 5.85. The van der Waals surface area contributed by atoms with Crippen LogP contribution in [-0.4, -0.2) is 23.0 Å². The number of carbonyl (C=O) groups is 2. The Morgan fingerprint density at radius 1 is 1.33 bits per heavy atom. The van der Waals surface area contributed by atoms with Crippen LogP contribution in [0.15, 0.2) is 12.2 Å². The number of carboxylic acids is 1. The quantitative estimate of drug-likeness (QED) is 0.739. The number of hydrogen-bond donors (Lipinski definition) is 2. The Morgan fingerprint density at radius 3 is 2.33 bits per heavy atom. The van der Waals surface area contributed by atoms with Gasteiger partial charge in [0.2, 0.25) is 5.91 Å². The molecular weight excluding hydrogens is 230 g/mol. The lowest BCUT2D eigenvalue weighted by atomic mass is 9.88. The van der Waals surface area contributed by atoms with Crippen molar-refractivity contribution in [1.82, 2.24) is 5.32 Å². The van der Waals surface area contributed by atoms with E-state index in [1.165, 1.54) is 0 Å². The third-order valence-electron chi connectivity index (χ3n) is 3.18. The molecule has 0 saturated heterocycles. The molecule has 18 heavy (non-hydrogen) atoms. The van der Waals surface area contributed by atoms with Gasteiger partial charge in [-0.1, -0.05) is 32.9 Å². The molecule has 0 aromatic carbocycles. The summed E-state index contributed by atoms with van der Waals surface area (Å²) < 4.78 is 0. The van der Waals surface area contributed by atoms with E-state index in [0.717, 1.165) is 19.3 Å². The smallest absolute Gasteiger partial charge is 0.326 e.